The molecule has 206 valence electrons. The minimum Gasteiger partial charge on any atom is -0.378 e. The van der Waals surface area contributed by atoms with Crippen molar-refractivity contribution in [3.05, 3.63) is 101 Å². The molecule has 1 saturated heterocycles. The van der Waals surface area contributed by atoms with E-state index in [1.54, 1.807) is 12.1 Å². The molecule has 0 spiro atoms. The van der Waals surface area contributed by atoms with Crippen molar-refractivity contribution in [1.82, 2.24) is 9.80 Å². The van der Waals surface area contributed by atoms with E-state index < -0.39 is 0 Å². The number of halogens is 1. The van der Waals surface area contributed by atoms with E-state index in [1.807, 2.05) is 0 Å². The Balaban J connectivity index is 1.41. The molecular formula is C34H42FN3O. The Morgan fingerprint density at radius 2 is 1.59 bits per heavy atom. The van der Waals surface area contributed by atoms with Crippen LogP contribution in [-0.2, 0) is 6.54 Å². The number of rotatable bonds is 8. The summed E-state index contributed by atoms with van der Waals surface area (Å²) in [5, 5.41) is 0. The molecule has 0 radical (unpaired) electrons. The zero-order valence-electron chi connectivity index (χ0n) is 23.7. The number of nitrogens with zero attached hydrogens (tertiary/aromatic N) is 3. The molecular weight excluding hydrogens is 485 g/mol. The van der Waals surface area contributed by atoms with Gasteiger partial charge in [-0.3, -0.25) is 9.69 Å². The van der Waals surface area contributed by atoms with E-state index in [1.165, 1.54) is 53.8 Å². The first kappa shape index (κ1) is 27.4. The SMILES string of the molecule is Cc1ccccc1[C@H]1CN(Cc2ccc(N(C)C)cc2)C[C@@H]1CN(C(=O)c1ccc(F)cc1)C1CCCCC1. The first-order valence-corrected chi connectivity index (χ1v) is 14.5. The van der Waals surface area contributed by atoms with Crippen LogP contribution in [0.15, 0.2) is 72.8 Å². The Morgan fingerprint density at radius 1 is 0.897 bits per heavy atom. The smallest absolute Gasteiger partial charge is 0.254 e. The number of aryl methyl sites for hydroxylation is 1. The molecule has 2 aliphatic rings. The Morgan fingerprint density at radius 3 is 2.26 bits per heavy atom. The normalized spacial score (nSPS) is 20.2. The van der Waals surface area contributed by atoms with Crippen LogP contribution < -0.4 is 4.90 Å². The average Bonchev–Trinajstić information content (AvgIpc) is 3.34. The van der Waals surface area contributed by atoms with E-state index in [0.29, 0.717) is 17.4 Å². The van der Waals surface area contributed by atoms with Crippen LogP contribution in [0, 0.1) is 18.7 Å². The number of amides is 1. The van der Waals surface area contributed by atoms with Crippen LogP contribution in [-0.4, -0.2) is 55.5 Å². The van der Waals surface area contributed by atoms with Gasteiger partial charge in [0.2, 0.25) is 0 Å². The maximum absolute atomic E-state index is 13.9. The highest BCUT2D eigenvalue weighted by Gasteiger charge is 2.38. The molecule has 0 unspecified atom stereocenters. The summed E-state index contributed by atoms with van der Waals surface area (Å²) in [4.78, 5) is 20.7. The number of benzene rings is 3. The van der Waals surface area contributed by atoms with Crippen molar-refractivity contribution in [3.8, 4) is 0 Å². The lowest BCUT2D eigenvalue weighted by atomic mass is 9.85. The molecule has 0 N–H and O–H groups in total. The van der Waals surface area contributed by atoms with E-state index in [0.717, 1.165) is 39.0 Å². The summed E-state index contributed by atoms with van der Waals surface area (Å²) >= 11 is 0. The lowest BCUT2D eigenvalue weighted by Gasteiger charge is -2.37. The van der Waals surface area contributed by atoms with Gasteiger partial charge in [0.15, 0.2) is 0 Å². The maximum atomic E-state index is 13.9. The van der Waals surface area contributed by atoms with Crippen LogP contribution in [0.1, 0.15) is 65.1 Å². The molecule has 5 heteroatoms. The summed E-state index contributed by atoms with van der Waals surface area (Å²) in [7, 11) is 4.14. The first-order chi connectivity index (χ1) is 18.9. The number of anilines is 1. The minimum atomic E-state index is -0.305. The molecule has 1 aliphatic carbocycles. The Kier molecular flexibility index (Phi) is 8.66. The van der Waals surface area contributed by atoms with E-state index in [9.17, 15) is 9.18 Å². The van der Waals surface area contributed by atoms with Crippen LogP contribution in [0.4, 0.5) is 10.1 Å². The van der Waals surface area contributed by atoms with Crippen LogP contribution in [0.3, 0.4) is 0 Å². The van der Waals surface area contributed by atoms with Gasteiger partial charge in [-0.25, -0.2) is 4.39 Å². The first-order valence-electron chi connectivity index (χ1n) is 14.5. The zero-order valence-corrected chi connectivity index (χ0v) is 23.7. The van der Waals surface area contributed by atoms with Crippen molar-refractivity contribution >= 4 is 11.6 Å². The molecule has 2 fully saturated rings. The molecule has 3 aromatic rings. The molecule has 4 nitrogen and oxygen atoms in total. The number of carbonyl (C=O) groups excluding carboxylic acids is 1. The fourth-order valence-electron chi connectivity index (χ4n) is 6.59. The predicted octanol–water partition coefficient (Wildman–Crippen LogP) is 6.89. The van der Waals surface area contributed by atoms with Gasteiger partial charge in [-0.2, -0.15) is 0 Å². The van der Waals surface area contributed by atoms with E-state index in [-0.39, 0.29) is 17.8 Å². The molecule has 1 amide bonds. The lowest BCUT2D eigenvalue weighted by Crippen LogP contribution is -2.45. The number of hydrogen-bond donors (Lipinski definition) is 0. The quantitative estimate of drug-likeness (QED) is 0.319. The monoisotopic (exact) mass is 527 g/mol. The Labute approximate surface area is 233 Å². The molecule has 1 saturated carbocycles. The van der Waals surface area contributed by atoms with Crippen molar-refractivity contribution in [1.29, 1.82) is 0 Å². The highest BCUT2D eigenvalue weighted by molar-refractivity contribution is 5.94. The average molecular weight is 528 g/mol. The highest BCUT2D eigenvalue weighted by atomic mass is 19.1. The summed E-state index contributed by atoms with van der Waals surface area (Å²) < 4.78 is 13.7. The fourth-order valence-corrected chi connectivity index (χ4v) is 6.59. The second-order valence-corrected chi connectivity index (χ2v) is 11.7. The molecule has 3 aromatic carbocycles. The standard InChI is InChI=1S/C34H42FN3O/c1-25-9-7-8-12-32(25)33-24-37(21-26-13-19-30(20-14-26)36(2)3)22-28(33)23-38(31-10-5-4-6-11-31)34(39)27-15-17-29(35)18-16-27/h7-9,12-20,28,31,33H,4-6,10-11,21-24H2,1-3H3/t28-,33+/m1/s1. The number of likely N-dealkylation sites (tertiary alicyclic amines) is 1. The van der Waals surface area contributed by atoms with Crippen molar-refractivity contribution < 1.29 is 9.18 Å². The predicted molar refractivity (Wildman–Crippen MR) is 158 cm³/mol. The van der Waals surface area contributed by atoms with Crippen molar-refractivity contribution in [3.63, 3.8) is 0 Å². The van der Waals surface area contributed by atoms with Crippen LogP contribution in [0.2, 0.25) is 0 Å². The highest BCUT2D eigenvalue weighted by Crippen LogP contribution is 2.37. The summed E-state index contributed by atoms with van der Waals surface area (Å²) in [6.07, 6.45) is 5.68. The second kappa shape index (κ2) is 12.3. The van der Waals surface area contributed by atoms with E-state index in [2.05, 4.69) is 84.2 Å². The summed E-state index contributed by atoms with van der Waals surface area (Å²) in [5.74, 6) is 0.432. The number of hydrogen-bond acceptors (Lipinski definition) is 3. The second-order valence-electron chi connectivity index (χ2n) is 11.7. The van der Waals surface area contributed by atoms with E-state index >= 15 is 0 Å². The maximum Gasteiger partial charge on any atom is 0.254 e. The molecule has 5 rings (SSSR count). The van der Waals surface area contributed by atoms with E-state index in [4.69, 9.17) is 0 Å². The van der Waals surface area contributed by atoms with Crippen molar-refractivity contribution in [2.75, 3.05) is 38.6 Å². The van der Waals surface area contributed by atoms with Crippen molar-refractivity contribution in [2.45, 2.75) is 57.5 Å². The minimum absolute atomic E-state index is 0.0446. The van der Waals surface area contributed by atoms with Crippen LogP contribution >= 0.6 is 0 Å². The van der Waals surface area contributed by atoms with Gasteiger partial charge in [0.25, 0.3) is 5.91 Å². The van der Waals surface area contributed by atoms with Gasteiger partial charge in [-0.05, 0) is 78.8 Å². The largest absolute Gasteiger partial charge is 0.378 e. The van der Waals surface area contributed by atoms with Gasteiger partial charge in [0.1, 0.15) is 5.82 Å². The molecule has 0 aromatic heterocycles. The molecule has 0 bridgehead atoms. The molecule has 1 heterocycles. The summed E-state index contributed by atoms with van der Waals surface area (Å²) in [6.45, 7) is 5.78. The van der Waals surface area contributed by atoms with Gasteiger partial charge < -0.3 is 9.80 Å². The molecule has 2 atom stereocenters. The van der Waals surface area contributed by atoms with Crippen LogP contribution in [0.25, 0.3) is 0 Å². The third kappa shape index (κ3) is 6.52. The van der Waals surface area contributed by atoms with Gasteiger partial charge in [0.05, 0.1) is 0 Å². The number of carbonyl (C=O) groups is 1. The fraction of sp³-hybridized carbons (Fsp3) is 0.441. The molecule has 1 aliphatic heterocycles. The topological polar surface area (TPSA) is 26.8 Å². The van der Waals surface area contributed by atoms with Crippen LogP contribution in [0.5, 0.6) is 0 Å². The molecule has 39 heavy (non-hydrogen) atoms. The summed E-state index contributed by atoms with van der Waals surface area (Å²) in [5.41, 5.74) is 5.82. The zero-order chi connectivity index (χ0) is 27.4. The third-order valence-corrected chi connectivity index (χ3v) is 8.76. The van der Waals surface area contributed by atoms with Gasteiger partial charge >= 0.3 is 0 Å². The van der Waals surface area contributed by atoms with Gasteiger partial charge in [-0.1, -0.05) is 55.7 Å². The third-order valence-electron chi connectivity index (χ3n) is 8.76. The Hall–Kier alpha value is -3.18. The lowest BCUT2D eigenvalue weighted by molar-refractivity contribution is 0.0588. The van der Waals surface area contributed by atoms with Gasteiger partial charge in [0, 0.05) is 63.5 Å². The Bertz CT molecular complexity index is 1230. The van der Waals surface area contributed by atoms with Gasteiger partial charge in [-0.15, -0.1) is 0 Å². The summed E-state index contributed by atoms with van der Waals surface area (Å²) in [6, 6.07) is 23.9. The van der Waals surface area contributed by atoms with Crippen molar-refractivity contribution in [2.24, 2.45) is 5.92 Å².